The van der Waals surface area contributed by atoms with E-state index in [1.807, 2.05) is 42.3 Å². The molecule has 0 radical (unpaired) electrons. The van der Waals surface area contributed by atoms with E-state index in [1.165, 1.54) is 10.6 Å². The van der Waals surface area contributed by atoms with E-state index in [9.17, 15) is 0 Å². The van der Waals surface area contributed by atoms with Gasteiger partial charge in [0.2, 0.25) is 0 Å². The Morgan fingerprint density at radius 3 is 1.58 bits per heavy atom. The minimum absolute atomic E-state index is 1.10. The number of rotatable bonds is 3. The van der Waals surface area contributed by atoms with E-state index >= 15 is 0 Å². The number of nitrogens with zero attached hydrogens (tertiary/aromatic N) is 1. The molecule has 0 heterocycles. The second-order valence-corrected chi connectivity index (χ2v) is 11.3. The quantitative estimate of drug-likeness (QED) is 0.283. The summed E-state index contributed by atoms with van der Waals surface area (Å²) in [6.07, 6.45) is 0. The normalized spacial score (nSPS) is 10.5. The zero-order chi connectivity index (χ0) is 16.8. The van der Waals surface area contributed by atoms with Gasteiger partial charge in [0.1, 0.15) is 0 Å². The van der Waals surface area contributed by atoms with Crippen molar-refractivity contribution in [2.24, 2.45) is 0 Å². The zero-order valence-corrected chi connectivity index (χ0v) is 16.1. The van der Waals surface area contributed by atoms with Crippen molar-refractivity contribution in [3.8, 4) is 11.7 Å². The summed E-state index contributed by atoms with van der Waals surface area (Å²) in [5, 5.41) is 2.51. The van der Waals surface area contributed by atoms with Crippen LogP contribution in [0.1, 0.15) is 0 Å². The molecule has 0 aliphatic heterocycles. The maximum absolute atomic E-state index is 3.56. The monoisotopic (exact) mass is 395 g/mol. The number of benzene rings is 3. The van der Waals surface area contributed by atoms with Crippen molar-refractivity contribution in [2.45, 2.75) is 0 Å². The number of para-hydroxylation sites is 1. The Morgan fingerprint density at radius 2 is 1.12 bits per heavy atom. The summed E-state index contributed by atoms with van der Waals surface area (Å²) in [4.78, 5) is 1.98. The first-order chi connectivity index (χ1) is 11.7. The van der Waals surface area contributed by atoms with E-state index in [2.05, 4.69) is 87.5 Å². The second kappa shape index (κ2) is 7.69. The fraction of sp³-hybridized carbons (Fsp3) is 0.0476. The van der Waals surface area contributed by atoms with Crippen molar-refractivity contribution in [1.82, 2.24) is 0 Å². The second-order valence-electron chi connectivity index (χ2n) is 5.40. The van der Waals surface area contributed by atoms with Crippen LogP contribution in [0.15, 0.2) is 91.0 Å². The van der Waals surface area contributed by atoms with E-state index in [-0.39, 0.29) is 0 Å². The summed E-state index contributed by atoms with van der Waals surface area (Å²) in [6.45, 7) is 0. The van der Waals surface area contributed by atoms with E-state index in [1.54, 1.807) is 0 Å². The number of anilines is 1. The Morgan fingerprint density at radius 1 is 0.708 bits per heavy atom. The molecule has 3 heteroatoms. The molecule has 0 saturated carbocycles. The molecule has 3 aromatic rings. The Labute approximate surface area is 151 Å². The molecule has 3 aromatic carbocycles. The third-order valence-electron chi connectivity index (χ3n) is 3.76. The molecule has 0 N–H and O–H groups in total. The van der Waals surface area contributed by atoms with E-state index in [0.29, 0.717) is 0 Å². The van der Waals surface area contributed by atoms with Gasteiger partial charge in [-0.15, -0.1) is 0 Å². The van der Waals surface area contributed by atoms with Gasteiger partial charge in [0.25, 0.3) is 0 Å². The van der Waals surface area contributed by atoms with Crippen molar-refractivity contribution in [3.63, 3.8) is 0 Å². The first kappa shape index (κ1) is 16.8. The minimum atomic E-state index is -1.88. The van der Waals surface area contributed by atoms with Gasteiger partial charge in [0.15, 0.2) is 0 Å². The molecule has 0 bridgehead atoms. The summed E-state index contributed by atoms with van der Waals surface area (Å²) >= 11 is 3.44. The molecule has 3 rings (SSSR count). The van der Waals surface area contributed by atoms with Crippen LogP contribution in [-0.2, 0) is 0 Å². The fourth-order valence-corrected chi connectivity index (χ4v) is 6.24. The van der Waals surface area contributed by atoms with Gasteiger partial charge in [-0.2, -0.15) is 0 Å². The number of hydrogen-bond acceptors (Lipinski definition) is 1. The van der Waals surface area contributed by atoms with Crippen LogP contribution in [0.3, 0.4) is 0 Å². The van der Waals surface area contributed by atoms with Crippen molar-refractivity contribution in [1.29, 1.82) is 0 Å². The average Bonchev–Trinajstić information content (AvgIpc) is 2.68. The molecular weight excluding hydrogens is 376 g/mol. The van der Waals surface area contributed by atoms with E-state index in [0.717, 1.165) is 5.69 Å². The molecule has 24 heavy (non-hydrogen) atoms. The first-order valence-electron chi connectivity index (χ1n) is 7.73. The fourth-order valence-electron chi connectivity index (χ4n) is 2.42. The number of hydrogen-bond donors (Lipinski definition) is 0. The van der Waals surface area contributed by atoms with Gasteiger partial charge in [-0.05, 0) is 0 Å². The van der Waals surface area contributed by atoms with Crippen LogP contribution >= 0.6 is 5.51 Å². The molecule has 0 amide bonds. The average molecular weight is 394 g/mol. The molecule has 0 aliphatic carbocycles. The third kappa shape index (κ3) is 3.72. The molecule has 0 fully saturated rings. The van der Waals surface area contributed by atoms with Gasteiger partial charge in [0.05, 0.1) is 0 Å². The van der Waals surface area contributed by atoms with E-state index in [4.69, 9.17) is 0 Å². The topological polar surface area (TPSA) is 3.24 Å². The predicted octanol–water partition coefficient (Wildman–Crippen LogP) is 3.79. The summed E-state index contributed by atoms with van der Waals surface area (Å²) in [5.74, 6) is 0. The summed E-state index contributed by atoms with van der Waals surface area (Å²) < 4.78 is 0. The molecule has 0 aromatic heterocycles. The molecule has 0 unspecified atom stereocenters. The third-order valence-corrected chi connectivity index (χ3v) is 9.45. The van der Waals surface area contributed by atoms with Crippen molar-refractivity contribution < 1.29 is 0 Å². The van der Waals surface area contributed by atoms with Crippen LogP contribution in [0, 0.1) is 11.7 Å². The van der Waals surface area contributed by atoms with Gasteiger partial charge in [0, 0.05) is 0 Å². The Hall–Kier alpha value is -2.03. The molecule has 118 valence electrons. The van der Waals surface area contributed by atoms with Crippen LogP contribution < -0.4 is 15.5 Å². The zero-order valence-electron chi connectivity index (χ0n) is 13.5. The van der Waals surface area contributed by atoms with Gasteiger partial charge in [-0.3, -0.25) is 0 Å². The van der Waals surface area contributed by atoms with Gasteiger partial charge in [-0.25, -0.2) is 0 Å². The van der Waals surface area contributed by atoms with Crippen molar-refractivity contribution in [3.05, 3.63) is 91.0 Å². The molecule has 0 spiro atoms. The molecule has 0 atom stereocenters. The van der Waals surface area contributed by atoms with Crippen LogP contribution in [0.4, 0.5) is 5.69 Å². The van der Waals surface area contributed by atoms with Crippen LogP contribution in [0.25, 0.3) is 0 Å². The van der Waals surface area contributed by atoms with Gasteiger partial charge >= 0.3 is 152 Å². The van der Waals surface area contributed by atoms with Crippen LogP contribution in [-0.4, -0.2) is 22.1 Å². The Bertz CT molecular complexity index is 853. The summed E-state index contributed by atoms with van der Waals surface area (Å²) in [6, 6.07) is 34.6. The van der Waals surface area contributed by atoms with Crippen LogP contribution in [0.2, 0.25) is 0 Å². The summed E-state index contributed by atoms with van der Waals surface area (Å²) in [5.41, 5.74) is 2.78. The van der Waals surface area contributed by atoms with Gasteiger partial charge in [-0.1, -0.05) is 0 Å². The Kier molecular flexibility index (Phi) is 5.39. The van der Waals surface area contributed by atoms with Crippen molar-refractivity contribution >= 4 is 36.9 Å². The van der Waals surface area contributed by atoms with Crippen LogP contribution in [0.5, 0.6) is 0 Å². The van der Waals surface area contributed by atoms with Gasteiger partial charge < -0.3 is 0 Å². The van der Waals surface area contributed by atoms with E-state index < -0.39 is 5.51 Å². The maximum atomic E-state index is 3.56. The van der Waals surface area contributed by atoms with Crippen molar-refractivity contribution in [2.75, 3.05) is 11.9 Å². The predicted molar refractivity (Wildman–Crippen MR) is 107 cm³/mol. The Balaban J connectivity index is 2.05. The molecule has 1 nitrogen and oxygen atoms in total. The SMILES string of the molecule is CN(C#CP(=[Se])(c1ccccc1)c1ccccc1)c1ccccc1. The standard InChI is InChI=1S/C21H18NPSe/c1-22(19-11-5-2-6-12-19)17-18-23(24,20-13-7-3-8-14-20)21-15-9-4-10-16-21/h2-16H,1H3. The first-order valence-corrected chi connectivity index (χ1v) is 11.7. The molecular formula is C21H18NPSe. The molecule has 0 saturated heterocycles. The molecule has 0 aliphatic rings. The summed E-state index contributed by atoms with van der Waals surface area (Å²) in [7, 11) is 2.00.